The van der Waals surface area contributed by atoms with Crippen molar-refractivity contribution in [3.8, 4) is 11.3 Å². The Labute approximate surface area is 194 Å². The van der Waals surface area contributed by atoms with E-state index in [9.17, 15) is 0 Å². The molecule has 1 saturated heterocycles. The van der Waals surface area contributed by atoms with Crippen LogP contribution in [0.25, 0.3) is 11.3 Å². The Morgan fingerprint density at radius 3 is 2.75 bits per heavy atom. The van der Waals surface area contributed by atoms with E-state index in [4.69, 9.17) is 22.2 Å². The molecular formula is C25H28N6S. The topological polar surface area (TPSA) is 74.8 Å². The number of hydrogen-bond donors (Lipinski definition) is 3. The van der Waals surface area contributed by atoms with E-state index in [1.54, 1.807) is 0 Å². The van der Waals surface area contributed by atoms with Crippen molar-refractivity contribution in [2.75, 3.05) is 23.7 Å². The Hall–Kier alpha value is -2.90. The van der Waals surface area contributed by atoms with Crippen molar-refractivity contribution >= 4 is 34.5 Å². The number of aromatic nitrogens is 3. The fourth-order valence-electron chi connectivity index (χ4n) is 4.53. The molecule has 0 bridgehead atoms. The van der Waals surface area contributed by atoms with E-state index in [-0.39, 0.29) is 0 Å². The van der Waals surface area contributed by atoms with Crippen LogP contribution in [-0.4, -0.2) is 33.0 Å². The number of piperidine rings is 1. The zero-order chi connectivity index (χ0) is 22.1. The number of rotatable bonds is 4. The molecule has 6 nitrogen and oxygen atoms in total. The van der Waals surface area contributed by atoms with Gasteiger partial charge in [0, 0.05) is 35.1 Å². The van der Waals surface area contributed by atoms with Gasteiger partial charge in [0.05, 0.1) is 22.1 Å². The molecule has 2 aliphatic rings. The number of nitrogens with one attached hydrogen (secondary N) is 3. The van der Waals surface area contributed by atoms with Crippen LogP contribution in [0.1, 0.15) is 35.4 Å². The lowest BCUT2D eigenvalue weighted by atomic mass is 9.93. The molecule has 4 heterocycles. The molecule has 0 aliphatic carbocycles. The summed E-state index contributed by atoms with van der Waals surface area (Å²) in [6, 6.07) is 10.5. The number of fused-ring (bicyclic) bond motifs is 3. The second kappa shape index (κ2) is 8.92. The van der Waals surface area contributed by atoms with Crippen molar-refractivity contribution in [3.63, 3.8) is 0 Å². The number of anilines is 3. The van der Waals surface area contributed by atoms with Gasteiger partial charge in [0.25, 0.3) is 0 Å². The molecule has 3 aromatic rings. The first-order valence-electron chi connectivity index (χ1n) is 11.3. The predicted molar refractivity (Wildman–Crippen MR) is 134 cm³/mol. The van der Waals surface area contributed by atoms with E-state index in [1.165, 1.54) is 18.4 Å². The lowest BCUT2D eigenvalue weighted by molar-refractivity contribution is 0.370. The summed E-state index contributed by atoms with van der Waals surface area (Å²) in [5.41, 5.74) is 8.23. The number of thiocarbonyl (C=S) groups is 1. The van der Waals surface area contributed by atoms with Crippen molar-refractivity contribution in [2.24, 2.45) is 5.92 Å². The molecule has 3 N–H and O–H groups in total. The molecule has 0 unspecified atom stereocenters. The van der Waals surface area contributed by atoms with Gasteiger partial charge >= 0.3 is 0 Å². The molecule has 7 heteroatoms. The van der Waals surface area contributed by atoms with Gasteiger partial charge in [-0.25, -0.2) is 9.97 Å². The highest BCUT2D eigenvalue weighted by molar-refractivity contribution is 7.80. The van der Waals surface area contributed by atoms with Crippen molar-refractivity contribution in [1.29, 1.82) is 0 Å². The van der Waals surface area contributed by atoms with Crippen LogP contribution in [0.15, 0.2) is 36.5 Å². The second-order valence-corrected chi connectivity index (χ2v) is 9.29. The normalized spacial score (nSPS) is 16.0. The molecule has 2 aromatic heterocycles. The quantitative estimate of drug-likeness (QED) is 0.502. The summed E-state index contributed by atoms with van der Waals surface area (Å²) in [4.78, 5) is 15.1. The van der Waals surface area contributed by atoms with Crippen LogP contribution >= 0.6 is 12.2 Å². The second-order valence-electron chi connectivity index (χ2n) is 8.80. The maximum Gasteiger partial charge on any atom is 0.227 e. The van der Waals surface area contributed by atoms with Gasteiger partial charge in [0.1, 0.15) is 0 Å². The first-order valence-corrected chi connectivity index (χ1v) is 11.7. The van der Waals surface area contributed by atoms with Crippen LogP contribution < -0.4 is 16.0 Å². The van der Waals surface area contributed by atoms with E-state index in [1.807, 2.05) is 13.1 Å². The lowest BCUT2D eigenvalue weighted by Gasteiger charge is -2.22. The average Bonchev–Trinajstić information content (AvgIpc) is 2.91. The summed E-state index contributed by atoms with van der Waals surface area (Å²) < 4.78 is 0. The third kappa shape index (κ3) is 4.49. The number of benzene rings is 1. The summed E-state index contributed by atoms with van der Waals surface area (Å²) in [6.45, 7) is 6.34. The summed E-state index contributed by atoms with van der Waals surface area (Å²) in [7, 11) is 0. The zero-order valence-electron chi connectivity index (χ0n) is 18.5. The van der Waals surface area contributed by atoms with Gasteiger partial charge in [0.2, 0.25) is 5.95 Å². The summed E-state index contributed by atoms with van der Waals surface area (Å²) in [5.74, 6) is 1.29. The molecule has 2 aliphatic heterocycles. The number of nitrogens with zero attached hydrogens (tertiary/aromatic N) is 3. The molecule has 32 heavy (non-hydrogen) atoms. The third-order valence-corrected chi connectivity index (χ3v) is 6.51. The van der Waals surface area contributed by atoms with E-state index in [0.29, 0.717) is 12.4 Å². The van der Waals surface area contributed by atoms with Crippen molar-refractivity contribution < 1.29 is 0 Å². The Morgan fingerprint density at radius 2 is 1.94 bits per heavy atom. The van der Waals surface area contributed by atoms with E-state index in [2.05, 4.69) is 58.2 Å². The van der Waals surface area contributed by atoms with Crippen LogP contribution in [0.3, 0.4) is 0 Å². The highest BCUT2D eigenvalue weighted by Crippen LogP contribution is 2.34. The first kappa shape index (κ1) is 21.0. The van der Waals surface area contributed by atoms with Crippen LogP contribution in [0, 0.1) is 19.8 Å². The number of pyridine rings is 1. The largest absolute Gasteiger partial charge is 0.349 e. The Bertz CT molecular complexity index is 1170. The minimum atomic E-state index is 0.569. The molecule has 1 aromatic carbocycles. The molecule has 0 radical (unpaired) electrons. The summed E-state index contributed by atoms with van der Waals surface area (Å²) >= 11 is 5.52. The maximum atomic E-state index is 5.52. The van der Waals surface area contributed by atoms with Gasteiger partial charge in [0.15, 0.2) is 0 Å². The number of hydrogen-bond acceptors (Lipinski definition) is 6. The third-order valence-electron chi connectivity index (χ3n) is 6.27. The van der Waals surface area contributed by atoms with Crippen LogP contribution in [-0.2, 0) is 12.8 Å². The van der Waals surface area contributed by atoms with Gasteiger partial charge in [-0.1, -0.05) is 24.4 Å². The van der Waals surface area contributed by atoms with Crippen molar-refractivity contribution in [1.82, 2.24) is 20.3 Å². The van der Waals surface area contributed by atoms with Crippen LogP contribution in [0.5, 0.6) is 0 Å². The molecule has 164 valence electrons. The van der Waals surface area contributed by atoms with Gasteiger partial charge < -0.3 is 16.0 Å². The average molecular weight is 445 g/mol. The fourth-order valence-corrected chi connectivity index (χ4v) is 4.79. The van der Waals surface area contributed by atoms with Crippen molar-refractivity contribution in [3.05, 3.63) is 59.0 Å². The van der Waals surface area contributed by atoms with Gasteiger partial charge in [-0.15, -0.1) is 0 Å². The zero-order valence-corrected chi connectivity index (χ0v) is 19.4. The SMILES string of the molecule is Cc1ccc2c(c1)NC(=S)Cc1cnc(Nc3ccc(CC4CCNCC4)nc3C)nc1-2. The smallest absolute Gasteiger partial charge is 0.227 e. The highest BCUT2D eigenvalue weighted by Gasteiger charge is 2.20. The molecule has 0 saturated carbocycles. The Balaban J connectivity index is 1.40. The van der Waals surface area contributed by atoms with Gasteiger partial charge in [-0.3, -0.25) is 4.98 Å². The minimum absolute atomic E-state index is 0.569. The molecule has 0 spiro atoms. The molecular weight excluding hydrogens is 416 g/mol. The molecule has 5 rings (SSSR count). The van der Waals surface area contributed by atoms with Gasteiger partial charge in [-0.05, 0) is 75.9 Å². The first-order chi connectivity index (χ1) is 15.5. The summed E-state index contributed by atoms with van der Waals surface area (Å²) in [5, 5.41) is 10.2. The van der Waals surface area contributed by atoms with E-state index >= 15 is 0 Å². The predicted octanol–water partition coefficient (Wildman–Crippen LogP) is 4.74. The molecule has 1 fully saturated rings. The van der Waals surface area contributed by atoms with E-state index < -0.39 is 0 Å². The highest BCUT2D eigenvalue weighted by atomic mass is 32.1. The Kier molecular flexibility index (Phi) is 5.85. The Morgan fingerprint density at radius 1 is 1.09 bits per heavy atom. The fraction of sp³-hybridized carbons (Fsp3) is 0.360. The molecule has 0 atom stereocenters. The number of aryl methyl sites for hydroxylation is 2. The van der Waals surface area contributed by atoms with Gasteiger partial charge in [-0.2, -0.15) is 0 Å². The standard InChI is InChI=1S/C25H28N6S/c1-15-3-5-20-22(11-15)29-23(32)13-18-14-27-25(31-24(18)20)30-21-6-4-19(28-16(21)2)12-17-7-9-26-10-8-17/h3-6,11,14,17,26H,7-10,12-13H2,1-2H3,(H,29,32)(H,27,30,31). The van der Waals surface area contributed by atoms with E-state index in [0.717, 1.165) is 70.0 Å². The summed E-state index contributed by atoms with van der Waals surface area (Å²) in [6.07, 6.45) is 6.00. The lowest BCUT2D eigenvalue weighted by Crippen LogP contribution is -2.28. The van der Waals surface area contributed by atoms with Crippen LogP contribution in [0.2, 0.25) is 0 Å². The maximum absolute atomic E-state index is 5.52. The van der Waals surface area contributed by atoms with Crippen LogP contribution in [0.4, 0.5) is 17.3 Å². The molecule has 0 amide bonds. The minimum Gasteiger partial charge on any atom is -0.349 e. The monoisotopic (exact) mass is 444 g/mol. The van der Waals surface area contributed by atoms with Crippen molar-refractivity contribution in [2.45, 2.75) is 39.5 Å².